The number of nitro benzene ring substituents is 1. The Hall–Kier alpha value is -2.00. The van der Waals surface area contributed by atoms with E-state index in [1.165, 1.54) is 23.1 Å². The standard InChI is InChI=1S/C15H19N3O4S2/c1-4-12-10(2)23-15(17-12)7-8-16-11-5-6-13(18(19)20)14(9-11)24(3,21)22/h5-6,9,16H,4,7-8H2,1-3H3. The Morgan fingerprint density at radius 1 is 1.38 bits per heavy atom. The van der Waals surface area contributed by atoms with Gasteiger partial charge in [-0.1, -0.05) is 6.92 Å². The molecule has 1 heterocycles. The van der Waals surface area contributed by atoms with Crippen LogP contribution in [-0.4, -0.2) is 31.1 Å². The highest BCUT2D eigenvalue weighted by atomic mass is 32.2. The largest absolute Gasteiger partial charge is 0.385 e. The smallest absolute Gasteiger partial charge is 0.288 e. The maximum absolute atomic E-state index is 11.7. The van der Waals surface area contributed by atoms with Crippen molar-refractivity contribution in [3.8, 4) is 0 Å². The molecule has 0 aliphatic rings. The zero-order valence-corrected chi connectivity index (χ0v) is 15.3. The number of thiazole rings is 1. The van der Waals surface area contributed by atoms with E-state index in [0.29, 0.717) is 18.7 Å². The fourth-order valence-electron chi connectivity index (χ4n) is 2.31. The van der Waals surface area contributed by atoms with Crippen molar-refractivity contribution in [3.05, 3.63) is 43.9 Å². The van der Waals surface area contributed by atoms with Crippen LogP contribution in [0.4, 0.5) is 11.4 Å². The van der Waals surface area contributed by atoms with E-state index in [1.807, 2.05) is 6.92 Å². The molecule has 0 bridgehead atoms. The zero-order valence-electron chi connectivity index (χ0n) is 13.7. The van der Waals surface area contributed by atoms with E-state index >= 15 is 0 Å². The van der Waals surface area contributed by atoms with Gasteiger partial charge in [-0.05, 0) is 25.5 Å². The summed E-state index contributed by atoms with van der Waals surface area (Å²) in [5.41, 5.74) is 1.22. The van der Waals surface area contributed by atoms with Crippen LogP contribution in [0.3, 0.4) is 0 Å². The molecule has 130 valence electrons. The van der Waals surface area contributed by atoms with Crippen LogP contribution in [0.15, 0.2) is 23.1 Å². The Morgan fingerprint density at radius 2 is 2.08 bits per heavy atom. The van der Waals surface area contributed by atoms with Crippen LogP contribution in [0.2, 0.25) is 0 Å². The molecule has 1 N–H and O–H groups in total. The molecule has 7 nitrogen and oxygen atoms in total. The van der Waals surface area contributed by atoms with Crippen LogP contribution in [0.1, 0.15) is 22.5 Å². The van der Waals surface area contributed by atoms with Gasteiger partial charge in [0, 0.05) is 35.9 Å². The summed E-state index contributed by atoms with van der Waals surface area (Å²) in [5, 5.41) is 15.1. The van der Waals surface area contributed by atoms with E-state index < -0.39 is 20.4 Å². The Bertz CT molecular complexity index is 860. The van der Waals surface area contributed by atoms with Gasteiger partial charge in [0.05, 0.1) is 15.6 Å². The number of anilines is 1. The molecule has 1 aromatic carbocycles. The van der Waals surface area contributed by atoms with Crippen LogP contribution in [0.25, 0.3) is 0 Å². The maximum Gasteiger partial charge on any atom is 0.288 e. The number of rotatable bonds is 7. The highest BCUT2D eigenvalue weighted by Gasteiger charge is 2.22. The van der Waals surface area contributed by atoms with Crippen molar-refractivity contribution in [1.82, 2.24) is 4.98 Å². The summed E-state index contributed by atoms with van der Waals surface area (Å²) in [5.74, 6) is 0. The zero-order chi connectivity index (χ0) is 17.9. The van der Waals surface area contributed by atoms with Gasteiger partial charge in [-0.3, -0.25) is 10.1 Å². The van der Waals surface area contributed by atoms with Gasteiger partial charge in [0.15, 0.2) is 9.84 Å². The number of hydrogen-bond acceptors (Lipinski definition) is 7. The molecular weight excluding hydrogens is 350 g/mol. The Balaban J connectivity index is 2.11. The predicted octanol–water partition coefficient (Wildman–Crippen LogP) is 2.98. The highest BCUT2D eigenvalue weighted by Crippen LogP contribution is 2.27. The number of nitrogens with one attached hydrogen (secondary N) is 1. The third-order valence-corrected chi connectivity index (χ3v) is 5.69. The lowest BCUT2D eigenvalue weighted by molar-refractivity contribution is -0.387. The maximum atomic E-state index is 11.7. The molecule has 0 atom stereocenters. The lowest BCUT2D eigenvalue weighted by atomic mass is 10.2. The van der Waals surface area contributed by atoms with E-state index in [-0.39, 0.29) is 4.90 Å². The normalized spacial score (nSPS) is 11.5. The number of aryl methyl sites for hydroxylation is 2. The van der Waals surface area contributed by atoms with Crippen LogP contribution < -0.4 is 5.32 Å². The molecule has 0 spiro atoms. The molecular formula is C15H19N3O4S2. The first-order valence-corrected chi connectivity index (χ1v) is 10.1. The average Bonchev–Trinajstić information content (AvgIpc) is 2.86. The van der Waals surface area contributed by atoms with Gasteiger partial charge in [-0.25, -0.2) is 13.4 Å². The summed E-state index contributed by atoms with van der Waals surface area (Å²) in [7, 11) is -3.68. The minimum atomic E-state index is -3.68. The third-order valence-electron chi connectivity index (χ3n) is 3.50. The minimum absolute atomic E-state index is 0.282. The molecule has 0 fully saturated rings. The molecule has 9 heteroatoms. The van der Waals surface area contributed by atoms with Crippen LogP contribution in [-0.2, 0) is 22.7 Å². The van der Waals surface area contributed by atoms with Gasteiger partial charge >= 0.3 is 0 Å². The third kappa shape index (κ3) is 4.30. The quantitative estimate of drug-likeness (QED) is 0.594. The summed E-state index contributed by atoms with van der Waals surface area (Å²) < 4.78 is 23.5. The van der Waals surface area contributed by atoms with Crippen molar-refractivity contribution in [2.75, 3.05) is 18.1 Å². The van der Waals surface area contributed by atoms with Crippen molar-refractivity contribution in [3.63, 3.8) is 0 Å². The van der Waals surface area contributed by atoms with Crippen LogP contribution in [0, 0.1) is 17.0 Å². The van der Waals surface area contributed by atoms with E-state index in [4.69, 9.17) is 0 Å². The molecule has 0 unspecified atom stereocenters. The molecule has 0 saturated carbocycles. The molecule has 1 aromatic heterocycles. The van der Waals surface area contributed by atoms with E-state index in [2.05, 4.69) is 17.2 Å². The van der Waals surface area contributed by atoms with Gasteiger partial charge in [0.25, 0.3) is 5.69 Å². The number of sulfone groups is 1. The van der Waals surface area contributed by atoms with Gasteiger partial charge in [0.1, 0.15) is 4.90 Å². The molecule has 2 aromatic rings. The predicted molar refractivity (Wildman–Crippen MR) is 94.6 cm³/mol. The summed E-state index contributed by atoms with van der Waals surface area (Å²) in [4.78, 5) is 15.7. The second-order valence-electron chi connectivity index (χ2n) is 5.35. The lowest BCUT2D eigenvalue weighted by Crippen LogP contribution is -2.07. The number of nitrogens with zero attached hydrogens (tertiary/aromatic N) is 2. The van der Waals surface area contributed by atoms with Gasteiger partial charge < -0.3 is 5.32 Å². The van der Waals surface area contributed by atoms with Gasteiger partial charge in [-0.15, -0.1) is 11.3 Å². The highest BCUT2D eigenvalue weighted by molar-refractivity contribution is 7.90. The minimum Gasteiger partial charge on any atom is -0.385 e. The van der Waals surface area contributed by atoms with Crippen molar-refractivity contribution in [1.29, 1.82) is 0 Å². The fourth-order valence-corrected chi connectivity index (χ4v) is 4.19. The van der Waals surface area contributed by atoms with Crippen molar-refractivity contribution in [2.24, 2.45) is 0 Å². The molecule has 2 rings (SSSR count). The summed E-state index contributed by atoms with van der Waals surface area (Å²) in [6, 6.07) is 4.02. The van der Waals surface area contributed by atoms with Gasteiger partial charge in [-0.2, -0.15) is 0 Å². The molecule has 0 saturated heterocycles. The number of aromatic nitrogens is 1. The van der Waals surface area contributed by atoms with E-state index in [1.54, 1.807) is 11.3 Å². The molecule has 0 radical (unpaired) electrons. The molecule has 0 amide bonds. The second kappa shape index (κ2) is 7.27. The Labute approximate surface area is 144 Å². The first-order chi connectivity index (χ1) is 11.2. The Morgan fingerprint density at radius 3 is 2.62 bits per heavy atom. The van der Waals surface area contributed by atoms with Crippen molar-refractivity contribution < 1.29 is 13.3 Å². The lowest BCUT2D eigenvalue weighted by Gasteiger charge is -2.07. The molecule has 0 aliphatic carbocycles. The number of hydrogen-bond donors (Lipinski definition) is 1. The van der Waals surface area contributed by atoms with E-state index in [0.717, 1.165) is 23.4 Å². The van der Waals surface area contributed by atoms with E-state index in [9.17, 15) is 18.5 Å². The monoisotopic (exact) mass is 369 g/mol. The van der Waals surface area contributed by atoms with Gasteiger partial charge in [0.2, 0.25) is 0 Å². The Kier molecular flexibility index (Phi) is 5.55. The SMILES string of the molecule is CCc1nc(CCNc2ccc([N+](=O)[O-])c(S(C)(=O)=O)c2)sc1C. The first-order valence-electron chi connectivity index (χ1n) is 7.40. The summed E-state index contributed by atoms with van der Waals surface area (Å²) >= 11 is 1.65. The molecule has 0 aliphatic heterocycles. The summed E-state index contributed by atoms with van der Waals surface area (Å²) in [6.07, 6.45) is 2.57. The second-order valence-corrected chi connectivity index (χ2v) is 8.62. The average molecular weight is 369 g/mol. The first kappa shape index (κ1) is 18.3. The number of benzene rings is 1. The fraction of sp³-hybridized carbons (Fsp3) is 0.400. The van der Waals surface area contributed by atoms with Crippen LogP contribution >= 0.6 is 11.3 Å². The molecule has 24 heavy (non-hydrogen) atoms. The number of nitro groups is 1. The summed E-state index contributed by atoms with van der Waals surface area (Å²) in [6.45, 7) is 4.67. The van der Waals surface area contributed by atoms with Crippen molar-refractivity contribution >= 4 is 32.5 Å². The van der Waals surface area contributed by atoms with Crippen molar-refractivity contribution in [2.45, 2.75) is 31.6 Å². The topological polar surface area (TPSA) is 102 Å². The van der Waals surface area contributed by atoms with Crippen LogP contribution in [0.5, 0.6) is 0 Å².